The molecule has 1 aliphatic rings. The molecule has 3 N–H and O–H groups in total. The van der Waals surface area contributed by atoms with Gasteiger partial charge in [0.1, 0.15) is 23.9 Å². The van der Waals surface area contributed by atoms with Crippen LogP contribution < -0.4 is 14.8 Å². The molecule has 0 saturated carbocycles. The number of ether oxygens (including phenoxy) is 2. The minimum atomic E-state index is -0.960. The number of hydrogen-bond donors (Lipinski definition) is 3. The van der Waals surface area contributed by atoms with Crippen LogP contribution in [0.5, 0.6) is 11.5 Å². The van der Waals surface area contributed by atoms with Gasteiger partial charge in [-0.1, -0.05) is 32.0 Å². The standard InChI is InChI=1S/C30H34FNO5S/c1-3-19-14-24(36-11-6-12-38-35)15-20(4-2)30(19)23-8-5-7-22(13-23)27-18-37-28-16-21(9-10-29(33)34)25(31)17-26(28)32-27/h5,7-8,13-17,27,32,35H,3-4,6,9-12,18H2,1-2H3,(H,33,34). The zero-order valence-corrected chi connectivity index (χ0v) is 22.6. The Morgan fingerprint density at radius 3 is 2.58 bits per heavy atom. The van der Waals surface area contributed by atoms with Gasteiger partial charge < -0.3 is 24.4 Å². The van der Waals surface area contributed by atoms with Gasteiger partial charge in [-0.05, 0) is 95.4 Å². The molecule has 0 bridgehead atoms. The van der Waals surface area contributed by atoms with E-state index in [2.05, 4.69) is 43.4 Å². The van der Waals surface area contributed by atoms with Gasteiger partial charge in [-0.3, -0.25) is 4.79 Å². The van der Waals surface area contributed by atoms with Crippen LogP contribution in [0.3, 0.4) is 0 Å². The molecule has 202 valence electrons. The lowest BCUT2D eigenvalue weighted by molar-refractivity contribution is -0.136. The highest BCUT2D eigenvalue weighted by atomic mass is 32.2. The molecule has 0 amide bonds. The monoisotopic (exact) mass is 539 g/mol. The molecule has 0 aromatic heterocycles. The lowest BCUT2D eigenvalue weighted by Crippen LogP contribution is -2.24. The van der Waals surface area contributed by atoms with E-state index in [1.807, 2.05) is 12.1 Å². The SMILES string of the molecule is CCc1cc(OCCCSO)cc(CC)c1-c1cccc(C2COc3cc(CCC(=O)O)c(F)cc3N2)c1. The highest BCUT2D eigenvalue weighted by Crippen LogP contribution is 2.38. The maximum atomic E-state index is 14.6. The van der Waals surface area contributed by atoms with Crippen molar-refractivity contribution in [2.45, 2.75) is 52.0 Å². The van der Waals surface area contributed by atoms with Gasteiger partial charge in [0.2, 0.25) is 0 Å². The normalized spacial score (nSPS) is 14.4. The summed E-state index contributed by atoms with van der Waals surface area (Å²) in [6, 6.07) is 15.4. The predicted molar refractivity (Wildman–Crippen MR) is 150 cm³/mol. The van der Waals surface area contributed by atoms with Gasteiger partial charge in [-0.2, -0.15) is 0 Å². The number of rotatable bonds is 12. The van der Waals surface area contributed by atoms with Crippen LogP contribution in [0.15, 0.2) is 48.5 Å². The van der Waals surface area contributed by atoms with Crippen molar-refractivity contribution in [1.82, 2.24) is 0 Å². The van der Waals surface area contributed by atoms with Crippen molar-refractivity contribution in [2.24, 2.45) is 0 Å². The predicted octanol–water partition coefficient (Wildman–Crippen LogP) is 7.16. The average Bonchev–Trinajstić information content (AvgIpc) is 2.93. The lowest BCUT2D eigenvalue weighted by atomic mass is 9.89. The third-order valence-electron chi connectivity index (χ3n) is 6.76. The summed E-state index contributed by atoms with van der Waals surface area (Å²) in [5.74, 6) is 0.638. The first-order valence-corrected chi connectivity index (χ1v) is 14.0. The first-order chi connectivity index (χ1) is 18.4. The third kappa shape index (κ3) is 6.60. The number of aryl methyl sites for hydroxylation is 3. The summed E-state index contributed by atoms with van der Waals surface area (Å²) >= 11 is 0.833. The molecule has 0 radical (unpaired) electrons. The highest BCUT2D eigenvalue weighted by Gasteiger charge is 2.23. The molecular weight excluding hydrogens is 505 g/mol. The van der Waals surface area contributed by atoms with Gasteiger partial charge in [0, 0.05) is 18.2 Å². The molecule has 8 heteroatoms. The van der Waals surface area contributed by atoms with Crippen LogP contribution in [0, 0.1) is 5.82 Å². The second-order valence-electron chi connectivity index (χ2n) is 9.33. The van der Waals surface area contributed by atoms with Crippen LogP contribution in [0.2, 0.25) is 0 Å². The summed E-state index contributed by atoms with van der Waals surface area (Å²) in [7, 11) is 0. The smallest absolute Gasteiger partial charge is 0.303 e. The summed E-state index contributed by atoms with van der Waals surface area (Å²) < 4.78 is 35.5. The van der Waals surface area contributed by atoms with Gasteiger partial charge in [-0.15, -0.1) is 0 Å². The second-order valence-corrected chi connectivity index (χ2v) is 9.99. The maximum absolute atomic E-state index is 14.6. The Morgan fingerprint density at radius 1 is 1.13 bits per heavy atom. The topological polar surface area (TPSA) is 88.0 Å². The molecule has 1 atom stereocenters. The maximum Gasteiger partial charge on any atom is 0.303 e. The van der Waals surface area contributed by atoms with Crippen molar-refractivity contribution in [3.05, 3.63) is 76.6 Å². The molecule has 0 spiro atoms. The fraction of sp³-hybridized carbons (Fsp3) is 0.367. The number of benzene rings is 3. The first kappa shape index (κ1) is 27.8. The summed E-state index contributed by atoms with van der Waals surface area (Å²) in [5, 5.41) is 12.3. The Bertz CT molecular complexity index is 1260. The summed E-state index contributed by atoms with van der Waals surface area (Å²) in [6.45, 7) is 5.22. The molecule has 0 aliphatic carbocycles. The van der Waals surface area contributed by atoms with Gasteiger partial charge in [0.05, 0.1) is 18.3 Å². The Balaban J connectivity index is 1.57. The molecular formula is C30H34FNO5S. The van der Waals surface area contributed by atoms with E-state index in [1.165, 1.54) is 22.8 Å². The molecule has 1 unspecified atom stereocenters. The number of carboxylic acids is 1. The van der Waals surface area contributed by atoms with E-state index in [0.29, 0.717) is 36.0 Å². The van der Waals surface area contributed by atoms with Gasteiger partial charge >= 0.3 is 5.97 Å². The molecule has 38 heavy (non-hydrogen) atoms. The molecule has 3 aromatic carbocycles. The molecule has 4 rings (SSSR count). The molecule has 0 saturated heterocycles. The van der Waals surface area contributed by atoms with E-state index in [9.17, 15) is 9.18 Å². The van der Waals surface area contributed by atoms with Crippen molar-refractivity contribution >= 4 is 23.7 Å². The molecule has 3 aromatic rings. The fourth-order valence-corrected chi connectivity index (χ4v) is 5.06. The zero-order chi connectivity index (χ0) is 27.1. The zero-order valence-electron chi connectivity index (χ0n) is 21.8. The largest absolute Gasteiger partial charge is 0.494 e. The molecule has 0 fully saturated rings. The fourth-order valence-electron chi connectivity index (χ4n) is 4.81. The highest BCUT2D eigenvalue weighted by molar-refractivity contribution is 7.93. The van der Waals surface area contributed by atoms with Crippen LogP contribution in [0.1, 0.15) is 55.0 Å². The lowest BCUT2D eigenvalue weighted by Gasteiger charge is -2.29. The van der Waals surface area contributed by atoms with Gasteiger partial charge in [0.25, 0.3) is 0 Å². The molecule has 1 heterocycles. The van der Waals surface area contributed by atoms with E-state index in [-0.39, 0.29) is 18.9 Å². The average molecular weight is 540 g/mol. The number of hydrogen-bond acceptors (Lipinski definition) is 6. The number of anilines is 1. The van der Waals surface area contributed by atoms with Crippen LogP contribution in [-0.4, -0.2) is 34.6 Å². The van der Waals surface area contributed by atoms with E-state index in [0.717, 1.165) is 48.2 Å². The van der Waals surface area contributed by atoms with Crippen LogP contribution in [0.25, 0.3) is 11.1 Å². The number of fused-ring (bicyclic) bond motifs is 1. The van der Waals surface area contributed by atoms with Crippen LogP contribution in [-0.2, 0) is 24.1 Å². The minimum absolute atomic E-state index is 0.119. The number of carbonyl (C=O) groups is 1. The Kier molecular flexibility index (Phi) is 9.53. The Morgan fingerprint density at radius 2 is 1.89 bits per heavy atom. The number of halogens is 1. The van der Waals surface area contributed by atoms with E-state index in [1.54, 1.807) is 6.07 Å². The summed E-state index contributed by atoms with van der Waals surface area (Å²) in [4.78, 5) is 10.9. The summed E-state index contributed by atoms with van der Waals surface area (Å²) in [6.07, 6.45) is 2.49. The minimum Gasteiger partial charge on any atom is -0.494 e. The quantitative estimate of drug-likeness (QED) is 0.166. The van der Waals surface area contributed by atoms with Crippen molar-refractivity contribution in [2.75, 3.05) is 24.3 Å². The second kappa shape index (κ2) is 13.0. The van der Waals surface area contributed by atoms with Crippen molar-refractivity contribution in [3.63, 3.8) is 0 Å². The molecule has 6 nitrogen and oxygen atoms in total. The third-order valence-corrected chi connectivity index (χ3v) is 7.23. The Hall–Kier alpha value is -3.23. The van der Waals surface area contributed by atoms with E-state index < -0.39 is 11.8 Å². The number of aliphatic carboxylic acids is 1. The number of carboxylic acid groups (broad SMARTS) is 1. The Labute approximate surface area is 227 Å². The van der Waals surface area contributed by atoms with Crippen molar-refractivity contribution in [1.29, 1.82) is 0 Å². The van der Waals surface area contributed by atoms with Gasteiger partial charge in [0.15, 0.2) is 0 Å². The molecule has 1 aliphatic heterocycles. The first-order valence-electron chi connectivity index (χ1n) is 13.0. The summed E-state index contributed by atoms with van der Waals surface area (Å²) in [5.41, 5.74) is 6.68. The number of nitrogens with one attached hydrogen (secondary N) is 1. The van der Waals surface area contributed by atoms with Crippen molar-refractivity contribution in [3.8, 4) is 22.6 Å². The van der Waals surface area contributed by atoms with E-state index in [4.69, 9.17) is 19.1 Å². The van der Waals surface area contributed by atoms with Crippen LogP contribution >= 0.6 is 12.0 Å². The van der Waals surface area contributed by atoms with Crippen molar-refractivity contribution < 1.29 is 28.3 Å². The van der Waals surface area contributed by atoms with E-state index >= 15 is 0 Å². The van der Waals surface area contributed by atoms with Gasteiger partial charge in [-0.25, -0.2) is 4.39 Å². The van der Waals surface area contributed by atoms with Crippen LogP contribution in [0.4, 0.5) is 10.1 Å².